The minimum atomic E-state index is -0.514. The molecule has 0 saturated heterocycles. The summed E-state index contributed by atoms with van der Waals surface area (Å²) in [4.78, 5) is 12.9. The van der Waals surface area contributed by atoms with E-state index in [1.165, 1.54) is 22.9 Å². The van der Waals surface area contributed by atoms with Crippen molar-refractivity contribution in [1.29, 1.82) is 0 Å². The molecule has 1 amide bonds. The molecule has 1 saturated carbocycles. The zero-order chi connectivity index (χ0) is 18.3. The number of nitrogens with zero attached hydrogens (tertiary/aromatic N) is 4. The summed E-state index contributed by atoms with van der Waals surface area (Å²) in [5.41, 5.74) is 1.17. The van der Waals surface area contributed by atoms with Gasteiger partial charge in [0.05, 0.1) is 5.41 Å². The topological polar surface area (TPSA) is 72.7 Å². The number of carbonyl (C=O) groups is 1. The molecule has 132 valence electrons. The van der Waals surface area contributed by atoms with Crippen LogP contribution in [-0.4, -0.2) is 26.1 Å². The Kier molecular flexibility index (Phi) is 4.07. The highest BCUT2D eigenvalue weighted by Crippen LogP contribution is 2.49. The summed E-state index contributed by atoms with van der Waals surface area (Å²) in [6.07, 6.45) is 1.58. The number of hydrogen-bond acceptors (Lipinski definition) is 4. The first-order valence-electron chi connectivity index (χ1n) is 8.12. The van der Waals surface area contributed by atoms with Crippen molar-refractivity contribution in [2.24, 2.45) is 0 Å². The van der Waals surface area contributed by atoms with E-state index in [4.69, 9.17) is 0 Å². The Morgan fingerprint density at radius 1 is 1.23 bits per heavy atom. The molecule has 2 aromatic carbocycles. The molecule has 1 aromatic heterocycles. The van der Waals surface area contributed by atoms with Crippen LogP contribution in [0.5, 0.6) is 0 Å². The Labute approximate surface area is 157 Å². The zero-order valence-corrected chi connectivity index (χ0v) is 15.5. The van der Waals surface area contributed by atoms with Crippen LogP contribution in [-0.2, 0) is 10.2 Å². The molecule has 0 bridgehead atoms. The average Bonchev–Trinajstić information content (AvgIpc) is 3.33. The number of nitrogens with one attached hydrogen (secondary N) is 1. The lowest BCUT2D eigenvalue weighted by Gasteiger charge is -2.16. The van der Waals surface area contributed by atoms with E-state index in [0.717, 1.165) is 22.9 Å². The van der Waals surface area contributed by atoms with Crippen molar-refractivity contribution < 1.29 is 9.18 Å². The second kappa shape index (κ2) is 6.28. The van der Waals surface area contributed by atoms with Gasteiger partial charge in [0.2, 0.25) is 5.91 Å². The molecule has 0 aliphatic heterocycles. The predicted molar refractivity (Wildman–Crippen MR) is 97.5 cm³/mol. The number of halogens is 2. The molecular weight excluding hydrogens is 401 g/mol. The van der Waals surface area contributed by atoms with Gasteiger partial charge in [0, 0.05) is 10.2 Å². The normalized spacial score (nSPS) is 14.9. The van der Waals surface area contributed by atoms with Crippen LogP contribution >= 0.6 is 15.9 Å². The van der Waals surface area contributed by atoms with Crippen molar-refractivity contribution in [3.63, 3.8) is 0 Å². The van der Waals surface area contributed by atoms with Gasteiger partial charge in [0.15, 0.2) is 5.82 Å². The van der Waals surface area contributed by atoms with Crippen molar-refractivity contribution in [2.45, 2.75) is 25.2 Å². The summed E-state index contributed by atoms with van der Waals surface area (Å²) in [5.74, 6) is -0.0980. The van der Waals surface area contributed by atoms with Gasteiger partial charge in [-0.3, -0.25) is 4.79 Å². The molecule has 0 atom stereocenters. The first kappa shape index (κ1) is 16.8. The molecule has 0 spiro atoms. The summed E-state index contributed by atoms with van der Waals surface area (Å²) in [6, 6.07) is 12.1. The van der Waals surface area contributed by atoms with Gasteiger partial charge >= 0.3 is 0 Å². The van der Waals surface area contributed by atoms with Gasteiger partial charge in [0.25, 0.3) is 0 Å². The van der Waals surface area contributed by atoms with E-state index in [0.29, 0.717) is 11.5 Å². The monoisotopic (exact) mass is 415 g/mol. The van der Waals surface area contributed by atoms with Crippen LogP contribution in [0.15, 0.2) is 46.9 Å². The minimum absolute atomic E-state index is 0.0918. The number of carbonyl (C=O) groups excluding carboxylic acids is 1. The molecule has 1 fully saturated rings. The molecule has 1 heterocycles. The molecule has 1 aliphatic carbocycles. The molecule has 4 rings (SSSR count). The lowest BCUT2D eigenvalue weighted by molar-refractivity contribution is -0.118. The largest absolute Gasteiger partial charge is 0.325 e. The van der Waals surface area contributed by atoms with Gasteiger partial charge < -0.3 is 5.32 Å². The highest BCUT2D eigenvalue weighted by Gasteiger charge is 2.51. The van der Waals surface area contributed by atoms with Crippen LogP contribution < -0.4 is 5.32 Å². The molecule has 3 aromatic rings. The zero-order valence-electron chi connectivity index (χ0n) is 13.9. The third-order valence-electron chi connectivity index (χ3n) is 4.64. The Hall–Kier alpha value is -2.61. The van der Waals surface area contributed by atoms with Crippen LogP contribution in [0, 0.1) is 12.7 Å². The van der Waals surface area contributed by atoms with Gasteiger partial charge in [-0.05, 0) is 66.1 Å². The van der Waals surface area contributed by atoms with Gasteiger partial charge in [0.1, 0.15) is 11.5 Å². The average molecular weight is 416 g/mol. The fourth-order valence-corrected chi connectivity index (χ4v) is 3.26. The summed E-state index contributed by atoms with van der Waals surface area (Å²) >= 11 is 3.41. The number of aromatic nitrogens is 4. The van der Waals surface area contributed by atoms with Crippen molar-refractivity contribution >= 4 is 27.5 Å². The molecule has 1 N–H and O–H groups in total. The molecule has 0 radical (unpaired) electrons. The maximum Gasteiger partial charge on any atom is 0.235 e. The molecule has 6 nitrogen and oxygen atoms in total. The summed E-state index contributed by atoms with van der Waals surface area (Å²) in [6.45, 7) is 1.68. The van der Waals surface area contributed by atoms with Crippen molar-refractivity contribution in [3.05, 3.63) is 64.1 Å². The standard InChI is InChI=1S/C18H15BrFN5O/c1-11-22-23-24-25(11)16-10-14(6-7-15(16)20)21-17(26)18(8-9-18)12-2-4-13(19)5-3-12/h2-7,10H,8-9H2,1H3,(H,21,26). The number of anilines is 1. The number of hydrogen-bond donors (Lipinski definition) is 1. The molecule has 26 heavy (non-hydrogen) atoms. The van der Waals surface area contributed by atoms with E-state index in [2.05, 4.69) is 36.8 Å². The van der Waals surface area contributed by atoms with E-state index in [1.807, 2.05) is 24.3 Å². The van der Waals surface area contributed by atoms with Gasteiger partial charge in [-0.15, -0.1) is 5.10 Å². The fourth-order valence-electron chi connectivity index (χ4n) is 3.00. The second-order valence-electron chi connectivity index (χ2n) is 6.35. The smallest absolute Gasteiger partial charge is 0.235 e. The van der Waals surface area contributed by atoms with E-state index >= 15 is 0 Å². The molecular formula is C18H15BrFN5O. The highest BCUT2D eigenvalue weighted by atomic mass is 79.9. The van der Waals surface area contributed by atoms with E-state index in [9.17, 15) is 9.18 Å². The number of benzene rings is 2. The number of tetrazole rings is 1. The van der Waals surface area contributed by atoms with Gasteiger partial charge in [-0.2, -0.15) is 4.68 Å². The highest BCUT2D eigenvalue weighted by molar-refractivity contribution is 9.10. The van der Waals surface area contributed by atoms with Gasteiger partial charge in [-0.1, -0.05) is 28.1 Å². The quantitative estimate of drug-likeness (QED) is 0.706. The molecule has 8 heteroatoms. The van der Waals surface area contributed by atoms with Crippen LogP contribution in [0.3, 0.4) is 0 Å². The summed E-state index contributed by atoms with van der Waals surface area (Å²) in [5, 5.41) is 14.0. The van der Waals surface area contributed by atoms with Crippen LogP contribution in [0.4, 0.5) is 10.1 Å². The van der Waals surface area contributed by atoms with E-state index in [-0.39, 0.29) is 11.6 Å². The summed E-state index contributed by atoms with van der Waals surface area (Å²) in [7, 11) is 0. The lowest BCUT2D eigenvalue weighted by Crippen LogP contribution is -2.27. The fraction of sp³-hybridized carbons (Fsp3) is 0.222. The Bertz CT molecular complexity index is 982. The van der Waals surface area contributed by atoms with Gasteiger partial charge in [-0.25, -0.2) is 4.39 Å². The van der Waals surface area contributed by atoms with Crippen molar-refractivity contribution in [2.75, 3.05) is 5.32 Å². The van der Waals surface area contributed by atoms with E-state index in [1.54, 1.807) is 6.92 Å². The third kappa shape index (κ3) is 2.90. The first-order valence-corrected chi connectivity index (χ1v) is 8.91. The predicted octanol–water partition coefficient (Wildman–Crippen LogP) is 3.54. The Morgan fingerprint density at radius 2 is 1.96 bits per heavy atom. The third-order valence-corrected chi connectivity index (χ3v) is 5.17. The first-order chi connectivity index (χ1) is 12.5. The number of amides is 1. The van der Waals surface area contributed by atoms with Crippen molar-refractivity contribution in [3.8, 4) is 5.69 Å². The SMILES string of the molecule is Cc1nnnn1-c1cc(NC(=O)C2(c3ccc(Br)cc3)CC2)ccc1F. The van der Waals surface area contributed by atoms with Crippen molar-refractivity contribution in [1.82, 2.24) is 20.2 Å². The Balaban J connectivity index is 1.61. The second-order valence-corrected chi connectivity index (χ2v) is 7.26. The Morgan fingerprint density at radius 3 is 2.58 bits per heavy atom. The van der Waals surface area contributed by atoms with E-state index < -0.39 is 11.2 Å². The minimum Gasteiger partial charge on any atom is -0.325 e. The van der Waals surface area contributed by atoms with Crippen LogP contribution in [0.25, 0.3) is 5.69 Å². The lowest BCUT2D eigenvalue weighted by atomic mass is 9.95. The van der Waals surface area contributed by atoms with Crippen LogP contribution in [0.2, 0.25) is 0 Å². The number of aryl methyl sites for hydroxylation is 1. The van der Waals surface area contributed by atoms with Crippen LogP contribution in [0.1, 0.15) is 24.2 Å². The molecule has 1 aliphatic rings. The maximum absolute atomic E-state index is 14.2. The maximum atomic E-state index is 14.2. The molecule has 0 unspecified atom stereocenters. The summed E-state index contributed by atoms with van der Waals surface area (Å²) < 4.78 is 16.4. The number of rotatable bonds is 4.